The summed E-state index contributed by atoms with van der Waals surface area (Å²) >= 11 is 3.30. The normalized spacial score (nSPS) is 20.4. The van der Waals surface area contributed by atoms with Gasteiger partial charge in [0.15, 0.2) is 6.10 Å². The summed E-state index contributed by atoms with van der Waals surface area (Å²) < 4.78 is 0.918. The standard InChI is InChI=1S/C9H8BrN2O2/c10-6-1-2-8(11-4-6)9-3-7(5-13)14-12-9/h1-2,4,7H,3,5H2/t7-/m0/s1. The first-order chi connectivity index (χ1) is 6.79. The van der Waals surface area contributed by atoms with Crippen molar-refractivity contribution < 1.29 is 9.94 Å². The van der Waals surface area contributed by atoms with E-state index in [0.29, 0.717) is 6.42 Å². The summed E-state index contributed by atoms with van der Waals surface area (Å²) in [5, 5.41) is 14.4. The van der Waals surface area contributed by atoms with E-state index < -0.39 is 0 Å². The van der Waals surface area contributed by atoms with Gasteiger partial charge in [0.25, 0.3) is 0 Å². The molecule has 2 rings (SSSR count). The molecule has 1 atom stereocenters. The van der Waals surface area contributed by atoms with Gasteiger partial charge in [0, 0.05) is 17.1 Å². The predicted octanol–water partition coefficient (Wildman–Crippen LogP) is 1.77. The van der Waals surface area contributed by atoms with E-state index in [1.165, 1.54) is 0 Å². The third-order valence-electron chi connectivity index (χ3n) is 1.94. The highest BCUT2D eigenvalue weighted by molar-refractivity contribution is 9.10. The average molecular weight is 256 g/mol. The first-order valence-corrected chi connectivity index (χ1v) is 5.01. The second-order valence-electron chi connectivity index (χ2n) is 3.00. The van der Waals surface area contributed by atoms with Gasteiger partial charge in [-0.15, -0.1) is 0 Å². The Morgan fingerprint density at radius 1 is 1.57 bits per heavy atom. The van der Waals surface area contributed by atoms with Crippen molar-refractivity contribution in [2.75, 3.05) is 6.61 Å². The van der Waals surface area contributed by atoms with Crippen LogP contribution in [0.5, 0.6) is 0 Å². The predicted molar refractivity (Wildman–Crippen MR) is 53.5 cm³/mol. The zero-order chi connectivity index (χ0) is 9.97. The smallest absolute Gasteiger partial charge is 0.159 e. The van der Waals surface area contributed by atoms with E-state index in [1.807, 2.05) is 12.1 Å². The Kier molecular flexibility index (Phi) is 2.79. The van der Waals surface area contributed by atoms with Crippen molar-refractivity contribution in [1.29, 1.82) is 0 Å². The molecule has 1 aromatic heterocycles. The van der Waals surface area contributed by atoms with Crippen LogP contribution in [0.4, 0.5) is 0 Å². The van der Waals surface area contributed by atoms with Gasteiger partial charge in [0.05, 0.1) is 5.69 Å². The van der Waals surface area contributed by atoms with Gasteiger partial charge in [-0.05, 0) is 28.1 Å². The van der Waals surface area contributed by atoms with E-state index in [1.54, 1.807) is 6.20 Å². The van der Waals surface area contributed by atoms with Crippen LogP contribution in [0.1, 0.15) is 12.1 Å². The van der Waals surface area contributed by atoms with Crippen molar-refractivity contribution in [2.45, 2.75) is 12.5 Å². The van der Waals surface area contributed by atoms with Crippen LogP contribution in [-0.4, -0.2) is 23.4 Å². The van der Waals surface area contributed by atoms with Crippen LogP contribution in [0.25, 0.3) is 0 Å². The molecule has 0 saturated heterocycles. The Hall–Kier alpha value is -0.940. The lowest BCUT2D eigenvalue weighted by Crippen LogP contribution is -2.12. The van der Waals surface area contributed by atoms with Gasteiger partial charge in [-0.25, -0.2) is 5.11 Å². The van der Waals surface area contributed by atoms with Crippen molar-refractivity contribution in [3.05, 3.63) is 28.5 Å². The summed E-state index contributed by atoms with van der Waals surface area (Å²) in [4.78, 5) is 9.09. The summed E-state index contributed by atoms with van der Waals surface area (Å²) in [5.74, 6) is 0. The number of hydrogen-bond acceptors (Lipinski definition) is 3. The number of rotatable bonds is 2. The molecule has 1 radical (unpaired) electrons. The zero-order valence-corrected chi connectivity index (χ0v) is 8.90. The van der Waals surface area contributed by atoms with Crippen LogP contribution < -0.4 is 0 Å². The van der Waals surface area contributed by atoms with Crippen LogP contribution >= 0.6 is 15.9 Å². The zero-order valence-electron chi connectivity index (χ0n) is 7.31. The molecule has 1 aromatic rings. The van der Waals surface area contributed by atoms with Crippen molar-refractivity contribution in [1.82, 2.24) is 4.98 Å². The topological polar surface area (TPSA) is 54.4 Å². The lowest BCUT2D eigenvalue weighted by molar-refractivity contribution is 0.0134. The maximum atomic E-state index is 10.5. The fraction of sp³-hybridized carbons (Fsp3) is 0.333. The molecule has 2 heterocycles. The molecule has 0 amide bonds. The quantitative estimate of drug-likeness (QED) is 0.809. The molecule has 1 aliphatic heterocycles. The van der Waals surface area contributed by atoms with Crippen LogP contribution in [0.3, 0.4) is 0 Å². The number of pyridine rings is 1. The SMILES string of the molecule is [O]C[C@@H]1CC(c2ccc(Br)cn2)=NO1. The Morgan fingerprint density at radius 3 is 3.00 bits per heavy atom. The molecule has 1 aliphatic rings. The largest absolute Gasteiger partial charge is 0.389 e. The fourth-order valence-electron chi connectivity index (χ4n) is 1.22. The van der Waals surface area contributed by atoms with Crippen LogP contribution in [0, 0.1) is 0 Å². The van der Waals surface area contributed by atoms with Crippen molar-refractivity contribution in [3.8, 4) is 0 Å². The minimum absolute atomic E-state index is 0.260. The lowest BCUT2D eigenvalue weighted by Gasteiger charge is -1.99. The highest BCUT2D eigenvalue weighted by Crippen LogP contribution is 2.16. The number of halogens is 1. The highest BCUT2D eigenvalue weighted by atomic mass is 79.9. The van der Waals surface area contributed by atoms with E-state index >= 15 is 0 Å². The molecule has 14 heavy (non-hydrogen) atoms. The number of oxime groups is 1. The number of nitrogens with zero attached hydrogens (tertiary/aromatic N) is 2. The lowest BCUT2D eigenvalue weighted by atomic mass is 10.1. The average Bonchev–Trinajstić information content (AvgIpc) is 2.67. The van der Waals surface area contributed by atoms with Crippen LogP contribution in [0.2, 0.25) is 0 Å². The Bertz CT molecular complexity index is 350. The maximum Gasteiger partial charge on any atom is 0.159 e. The van der Waals surface area contributed by atoms with Gasteiger partial charge in [-0.3, -0.25) is 4.98 Å². The second kappa shape index (κ2) is 4.06. The van der Waals surface area contributed by atoms with E-state index in [9.17, 15) is 5.11 Å². The molecule has 5 heteroatoms. The minimum Gasteiger partial charge on any atom is -0.389 e. The summed E-state index contributed by atoms with van der Waals surface area (Å²) in [6.07, 6.45) is 1.93. The second-order valence-corrected chi connectivity index (χ2v) is 3.91. The van der Waals surface area contributed by atoms with Gasteiger partial charge in [0.1, 0.15) is 12.3 Å². The van der Waals surface area contributed by atoms with E-state index in [-0.39, 0.29) is 12.7 Å². The molecule has 0 unspecified atom stereocenters. The van der Waals surface area contributed by atoms with Gasteiger partial charge < -0.3 is 4.84 Å². The van der Waals surface area contributed by atoms with E-state index in [2.05, 4.69) is 26.1 Å². The molecule has 73 valence electrons. The first-order valence-electron chi connectivity index (χ1n) is 4.22. The minimum atomic E-state index is -0.324. The van der Waals surface area contributed by atoms with E-state index in [0.717, 1.165) is 15.9 Å². The number of hydrogen-bond donors (Lipinski definition) is 0. The molecule has 4 nitrogen and oxygen atoms in total. The van der Waals surface area contributed by atoms with E-state index in [4.69, 9.17) is 4.84 Å². The Labute approximate surface area is 89.7 Å². The molecular formula is C9H8BrN2O2. The first kappa shape index (κ1) is 9.61. The monoisotopic (exact) mass is 255 g/mol. The summed E-state index contributed by atoms with van der Waals surface area (Å²) in [6.45, 7) is -0.260. The van der Waals surface area contributed by atoms with Crippen LogP contribution in [0.15, 0.2) is 28.0 Å². The van der Waals surface area contributed by atoms with Crippen molar-refractivity contribution >= 4 is 21.6 Å². The van der Waals surface area contributed by atoms with Crippen LogP contribution in [-0.2, 0) is 9.94 Å². The molecule has 0 fully saturated rings. The third-order valence-corrected chi connectivity index (χ3v) is 2.41. The summed E-state index contributed by atoms with van der Waals surface area (Å²) in [6, 6.07) is 3.73. The Morgan fingerprint density at radius 2 is 2.43 bits per heavy atom. The molecule has 0 aliphatic carbocycles. The molecule has 0 saturated carbocycles. The highest BCUT2D eigenvalue weighted by Gasteiger charge is 2.22. The van der Waals surface area contributed by atoms with Gasteiger partial charge in [-0.1, -0.05) is 5.16 Å². The van der Waals surface area contributed by atoms with Gasteiger partial charge in [0.2, 0.25) is 0 Å². The van der Waals surface area contributed by atoms with Gasteiger partial charge >= 0.3 is 0 Å². The number of aromatic nitrogens is 1. The Balaban J connectivity index is 2.13. The van der Waals surface area contributed by atoms with Crippen molar-refractivity contribution in [3.63, 3.8) is 0 Å². The van der Waals surface area contributed by atoms with Gasteiger partial charge in [-0.2, -0.15) is 0 Å². The summed E-state index contributed by atoms with van der Waals surface area (Å²) in [5.41, 5.74) is 1.52. The molecular weight excluding hydrogens is 248 g/mol. The third kappa shape index (κ3) is 1.93. The maximum absolute atomic E-state index is 10.5. The van der Waals surface area contributed by atoms with Crippen molar-refractivity contribution in [2.24, 2.45) is 5.16 Å². The molecule has 0 bridgehead atoms. The molecule has 0 aromatic carbocycles. The summed E-state index contributed by atoms with van der Waals surface area (Å²) in [7, 11) is 0. The molecule has 0 N–H and O–H groups in total. The fourth-order valence-corrected chi connectivity index (χ4v) is 1.45. The molecule has 0 spiro atoms.